The fourth-order valence-electron chi connectivity index (χ4n) is 2.81. The molecule has 1 aromatic rings. The Morgan fingerprint density at radius 1 is 1.52 bits per heavy atom. The number of rotatable bonds is 2. The van der Waals surface area contributed by atoms with Gasteiger partial charge in [-0.1, -0.05) is 25.4 Å². The molecule has 1 aliphatic heterocycles. The summed E-state index contributed by atoms with van der Waals surface area (Å²) >= 11 is 9.23. The first-order valence-corrected chi connectivity index (χ1v) is 7.76. The van der Waals surface area contributed by atoms with E-state index in [9.17, 15) is 14.7 Å². The van der Waals surface area contributed by atoms with Crippen molar-refractivity contribution in [3.63, 3.8) is 0 Å². The quantitative estimate of drug-likeness (QED) is 0.806. The summed E-state index contributed by atoms with van der Waals surface area (Å²) in [4.78, 5) is 29.6. The van der Waals surface area contributed by atoms with Crippen LogP contribution in [-0.2, 0) is 4.79 Å². The van der Waals surface area contributed by atoms with Crippen LogP contribution in [0.4, 0.5) is 0 Å². The van der Waals surface area contributed by atoms with Gasteiger partial charge in [0.1, 0.15) is 11.2 Å². The second-order valence-electron chi connectivity index (χ2n) is 5.82. The van der Waals surface area contributed by atoms with Crippen molar-refractivity contribution in [3.05, 3.63) is 27.5 Å². The van der Waals surface area contributed by atoms with E-state index < -0.39 is 23.3 Å². The van der Waals surface area contributed by atoms with Gasteiger partial charge in [-0.05, 0) is 40.3 Å². The maximum absolute atomic E-state index is 12.7. The predicted molar refractivity (Wildman–Crippen MR) is 82.4 cm³/mol. The van der Waals surface area contributed by atoms with Crippen molar-refractivity contribution in [2.24, 2.45) is 5.41 Å². The molecule has 114 valence electrons. The SMILES string of the molecule is CC1(C)CCCN(C(=O)c2cc(Br)cnc2Cl)C1C(=O)O. The molecule has 0 bridgehead atoms. The maximum atomic E-state index is 12.7. The largest absolute Gasteiger partial charge is 0.480 e. The topological polar surface area (TPSA) is 70.5 Å². The highest BCUT2D eigenvalue weighted by atomic mass is 79.9. The molecule has 1 aliphatic rings. The van der Waals surface area contributed by atoms with Gasteiger partial charge < -0.3 is 10.0 Å². The molecule has 1 saturated heterocycles. The van der Waals surface area contributed by atoms with Crippen LogP contribution in [0.15, 0.2) is 16.7 Å². The van der Waals surface area contributed by atoms with Crippen molar-refractivity contribution in [2.45, 2.75) is 32.7 Å². The lowest BCUT2D eigenvalue weighted by Crippen LogP contribution is -2.56. The highest BCUT2D eigenvalue weighted by Crippen LogP contribution is 2.36. The molecule has 0 spiro atoms. The van der Waals surface area contributed by atoms with Crippen LogP contribution in [0.5, 0.6) is 0 Å². The number of likely N-dealkylation sites (tertiary alicyclic amines) is 1. The molecule has 1 aromatic heterocycles. The fraction of sp³-hybridized carbons (Fsp3) is 0.500. The Labute approximate surface area is 136 Å². The number of hydrogen-bond donors (Lipinski definition) is 1. The summed E-state index contributed by atoms with van der Waals surface area (Å²) in [5.74, 6) is -1.39. The van der Waals surface area contributed by atoms with E-state index in [4.69, 9.17) is 11.6 Å². The molecule has 1 fully saturated rings. The minimum Gasteiger partial charge on any atom is -0.480 e. The molecule has 2 heterocycles. The summed E-state index contributed by atoms with van der Waals surface area (Å²) < 4.78 is 0.624. The average molecular weight is 376 g/mol. The van der Waals surface area contributed by atoms with Crippen molar-refractivity contribution in [3.8, 4) is 0 Å². The minimum absolute atomic E-state index is 0.0794. The number of aliphatic carboxylic acids is 1. The number of amides is 1. The van der Waals surface area contributed by atoms with E-state index in [0.29, 0.717) is 11.0 Å². The third kappa shape index (κ3) is 3.21. The highest BCUT2D eigenvalue weighted by molar-refractivity contribution is 9.10. The third-order valence-corrected chi connectivity index (χ3v) is 4.54. The van der Waals surface area contributed by atoms with E-state index in [2.05, 4.69) is 20.9 Å². The Hall–Kier alpha value is -1.14. The van der Waals surface area contributed by atoms with Gasteiger partial charge in [0.25, 0.3) is 5.91 Å². The summed E-state index contributed by atoms with van der Waals surface area (Å²) in [7, 11) is 0. The minimum atomic E-state index is -0.993. The molecule has 0 saturated carbocycles. The standard InChI is InChI=1S/C14H16BrClN2O3/c1-14(2)4-3-5-18(10(14)13(20)21)12(19)9-6-8(15)7-17-11(9)16/h6-7,10H,3-5H2,1-2H3,(H,20,21). The number of piperidine rings is 1. The van der Waals surface area contributed by atoms with Crippen LogP contribution in [-0.4, -0.2) is 39.5 Å². The molecule has 21 heavy (non-hydrogen) atoms. The van der Waals surface area contributed by atoms with Crippen LogP contribution >= 0.6 is 27.5 Å². The lowest BCUT2D eigenvalue weighted by atomic mass is 9.76. The van der Waals surface area contributed by atoms with Crippen molar-refractivity contribution in [1.82, 2.24) is 9.88 Å². The summed E-state index contributed by atoms with van der Waals surface area (Å²) in [6.45, 7) is 4.14. The Balaban J connectivity index is 2.41. The molecule has 0 aliphatic carbocycles. The summed E-state index contributed by atoms with van der Waals surface area (Å²) in [6.07, 6.45) is 3.02. The molecule has 2 rings (SSSR count). The van der Waals surface area contributed by atoms with Crippen LogP contribution in [0.1, 0.15) is 37.0 Å². The second kappa shape index (κ2) is 5.93. The van der Waals surface area contributed by atoms with E-state index in [1.807, 2.05) is 13.8 Å². The lowest BCUT2D eigenvalue weighted by Gasteiger charge is -2.44. The summed E-state index contributed by atoms with van der Waals surface area (Å²) in [5.41, 5.74) is -0.263. The van der Waals surface area contributed by atoms with E-state index >= 15 is 0 Å². The molecule has 1 atom stereocenters. The van der Waals surface area contributed by atoms with Gasteiger partial charge in [-0.25, -0.2) is 9.78 Å². The zero-order valence-corrected chi connectivity index (χ0v) is 14.1. The third-order valence-electron chi connectivity index (χ3n) is 3.80. The molecule has 0 radical (unpaired) electrons. The second-order valence-corrected chi connectivity index (χ2v) is 7.10. The van der Waals surface area contributed by atoms with E-state index in [1.54, 1.807) is 6.07 Å². The predicted octanol–water partition coefficient (Wildman–Crippen LogP) is 3.21. The van der Waals surface area contributed by atoms with Gasteiger partial charge in [0.15, 0.2) is 0 Å². The van der Waals surface area contributed by atoms with E-state index in [1.165, 1.54) is 11.1 Å². The zero-order chi connectivity index (χ0) is 15.8. The van der Waals surface area contributed by atoms with Gasteiger partial charge in [-0.2, -0.15) is 0 Å². The van der Waals surface area contributed by atoms with Gasteiger partial charge in [-0.3, -0.25) is 4.79 Å². The van der Waals surface area contributed by atoms with Gasteiger partial charge >= 0.3 is 5.97 Å². The normalized spacial score (nSPS) is 21.1. The van der Waals surface area contributed by atoms with Crippen molar-refractivity contribution >= 4 is 39.4 Å². The van der Waals surface area contributed by atoms with Gasteiger partial charge in [0.05, 0.1) is 5.56 Å². The van der Waals surface area contributed by atoms with Crippen LogP contribution in [0.3, 0.4) is 0 Å². The van der Waals surface area contributed by atoms with Crippen molar-refractivity contribution in [1.29, 1.82) is 0 Å². The van der Waals surface area contributed by atoms with Crippen molar-refractivity contribution in [2.75, 3.05) is 6.54 Å². The molecule has 1 amide bonds. The maximum Gasteiger partial charge on any atom is 0.326 e. The number of carbonyl (C=O) groups excluding carboxylic acids is 1. The van der Waals surface area contributed by atoms with E-state index in [0.717, 1.165) is 12.8 Å². The molecule has 0 aromatic carbocycles. The zero-order valence-electron chi connectivity index (χ0n) is 11.8. The molecular weight excluding hydrogens is 360 g/mol. The summed E-state index contributed by atoms with van der Waals surface area (Å²) in [5, 5.41) is 9.59. The molecule has 5 nitrogen and oxygen atoms in total. The number of hydrogen-bond acceptors (Lipinski definition) is 3. The number of aromatic nitrogens is 1. The van der Waals surface area contributed by atoms with Crippen LogP contribution < -0.4 is 0 Å². The van der Waals surface area contributed by atoms with Crippen LogP contribution in [0.2, 0.25) is 5.15 Å². The molecule has 7 heteroatoms. The first-order chi connectivity index (χ1) is 9.74. The number of nitrogens with zero attached hydrogens (tertiary/aromatic N) is 2. The van der Waals surface area contributed by atoms with Gasteiger partial charge in [0.2, 0.25) is 0 Å². The lowest BCUT2D eigenvalue weighted by molar-refractivity contribution is -0.148. The van der Waals surface area contributed by atoms with E-state index in [-0.39, 0.29) is 10.7 Å². The highest BCUT2D eigenvalue weighted by Gasteiger charge is 2.45. The smallest absolute Gasteiger partial charge is 0.326 e. The van der Waals surface area contributed by atoms with Crippen molar-refractivity contribution < 1.29 is 14.7 Å². The Morgan fingerprint density at radius 2 is 2.19 bits per heavy atom. The van der Waals surface area contributed by atoms with Gasteiger partial charge in [-0.15, -0.1) is 0 Å². The fourth-order valence-corrected chi connectivity index (χ4v) is 3.32. The molecular formula is C14H16BrClN2O3. The van der Waals surface area contributed by atoms with Crippen LogP contribution in [0, 0.1) is 5.41 Å². The van der Waals surface area contributed by atoms with Gasteiger partial charge in [0, 0.05) is 17.2 Å². The Bertz CT molecular complexity index is 592. The first-order valence-electron chi connectivity index (χ1n) is 6.59. The monoisotopic (exact) mass is 374 g/mol. The average Bonchev–Trinajstić information content (AvgIpc) is 2.38. The number of carboxylic acids is 1. The number of carboxylic acid groups (broad SMARTS) is 1. The summed E-state index contributed by atoms with van der Waals surface area (Å²) in [6, 6.07) is 0.701. The number of pyridine rings is 1. The molecule has 1 unspecified atom stereocenters. The molecule has 1 N–H and O–H groups in total. The Morgan fingerprint density at radius 3 is 2.81 bits per heavy atom. The number of carbonyl (C=O) groups is 2. The van der Waals surface area contributed by atoms with Crippen LogP contribution in [0.25, 0.3) is 0 Å². The Kier molecular flexibility index (Phi) is 4.58. The number of halogens is 2. The first kappa shape index (κ1) is 16.2.